The van der Waals surface area contributed by atoms with Gasteiger partial charge < -0.3 is 0 Å². The first-order chi connectivity index (χ1) is 5.25. The van der Waals surface area contributed by atoms with Crippen LogP contribution in [0.3, 0.4) is 0 Å². The summed E-state index contributed by atoms with van der Waals surface area (Å²) in [4.78, 5) is 0. The summed E-state index contributed by atoms with van der Waals surface area (Å²) < 4.78 is 6.59. The Labute approximate surface area is 74.0 Å². The normalized spacial score (nSPS) is 20.1. The molecule has 1 radical (unpaired) electrons. The summed E-state index contributed by atoms with van der Waals surface area (Å²) in [5.41, 5.74) is 2.50. The molecule has 0 aromatic heterocycles. The van der Waals surface area contributed by atoms with Gasteiger partial charge in [0.25, 0.3) is 0 Å². The van der Waals surface area contributed by atoms with E-state index in [4.69, 9.17) is 8.83 Å². The van der Waals surface area contributed by atoms with Crippen LogP contribution in [-0.4, -0.2) is 27.8 Å². The monoisotopic (exact) mass is 215 g/mol. The Bertz CT molecular complexity index is 206. The van der Waals surface area contributed by atoms with Crippen LogP contribution in [0.25, 0.3) is 0 Å². The fraction of sp³-hybridized carbons (Fsp3) is 0.500. The summed E-state index contributed by atoms with van der Waals surface area (Å²) >= 11 is -0.145. The Hall–Kier alpha value is -0.202. The summed E-state index contributed by atoms with van der Waals surface area (Å²) in [5.74, 6) is 0. The SMILES string of the molecule is CC1=CO[As]C(CCO)=C1C. The molecular weight excluding hydrogens is 203 g/mol. The zero-order valence-electron chi connectivity index (χ0n) is 6.79. The zero-order valence-corrected chi connectivity index (χ0v) is 8.67. The van der Waals surface area contributed by atoms with Gasteiger partial charge in [-0.15, -0.1) is 0 Å². The van der Waals surface area contributed by atoms with Crippen LogP contribution in [0, 0.1) is 0 Å². The second kappa shape index (κ2) is 3.98. The summed E-state index contributed by atoms with van der Waals surface area (Å²) in [6.45, 7) is 4.36. The standard InChI is InChI=1S/C8H12AsO2/c1-6-5-11-9-8(3-4-10)7(6)2/h5,10H,3-4H2,1-2H3. The average Bonchev–Trinajstić information content (AvgIpc) is 1.99. The Balaban J connectivity index is 2.74. The Morgan fingerprint density at radius 1 is 1.55 bits per heavy atom. The Morgan fingerprint density at radius 3 is 2.91 bits per heavy atom. The van der Waals surface area contributed by atoms with Gasteiger partial charge in [-0.1, -0.05) is 0 Å². The molecule has 0 saturated carbocycles. The molecule has 0 aliphatic carbocycles. The summed E-state index contributed by atoms with van der Waals surface area (Å²) in [6.07, 6.45) is 2.59. The van der Waals surface area contributed by atoms with Crippen molar-refractivity contribution in [3.63, 3.8) is 0 Å². The predicted molar refractivity (Wildman–Crippen MR) is 45.0 cm³/mol. The van der Waals surface area contributed by atoms with Crippen LogP contribution in [0.2, 0.25) is 0 Å². The molecule has 0 aromatic rings. The van der Waals surface area contributed by atoms with Gasteiger partial charge in [0.05, 0.1) is 0 Å². The number of allylic oxidation sites excluding steroid dienone is 2. The van der Waals surface area contributed by atoms with Crippen molar-refractivity contribution in [3.05, 3.63) is 21.8 Å². The van der Waals surface area contributed by atoms with Crippen molar-refractivity contribution in [3.8, 4) is 0 Å². The van der Waals surface area contributed by atoms with Crippen molar-refractivity contribution < 1.29 is 8.83 Å². The Morgan fingerprint density at radius 2 is 2.27 bits per heavy atom. The number of rotatable bonds is 2. The maximum absolute atomic E-state index is 8.73. The maximum atomic E-state index is 8.73. The van der Waals surface area contributed by atoms with E-state index in [0.29, 0.717) is 0 Å². The van der Waals surface area contributed by atoms with E-state index < -0.39 is 0 Å². The van der Waals surface area contributed by atoms with E-state index in [1.165, 1.54) is 15.5 Å². The van der Waals surface area contributed by atoms with Crippen molar-refractivity contribution in [2.45, 2.75) is 20.3 Å². The predicted octanol–water partition coefficient (Wildman–Crippen LogP) is 1.20. The molecule has 3 heteroatoms. The van der Waals surface area contributed by atoms with E-state index >= 15 is 0 Å². The zero-order chi connectivity index (χ0) is 8.27. The molecule has 0 fully saturated rings. The van der Waals surface area contributed by atoms with Gasteiger partial charge in [0, 0.05) is 0 Å². The molecule has 0 aromatic carbocycles. The topological polar surface area (TPSA) is 29.5 Å². The molecule has 1 rings (SSSR count). The van der Waals surface area contributed by atoms with Gasteiger partial charge in [-0.3, -0.25) is 0 Å². The van der Waals surface area contributed by atoms with Crippen molar-refractivity contribution >= 4 is 16.1 Å². The van der Waals surface area contributed by atoms with Crippen LogP contribution < -0.4 is 0 Å². The molecule has 2 nitrogen and oxygen atoms in total. The second-order valence-electron chi connectivity index (χ2n) is 2.54. The van der Waals surface area contributed by atoms with Gasteiger partial charge in [0.1, 0.15) is 0 Å². The summed E-state index contributed by atoms with van der Waals surface area (Å²) in [6, 6.07) is 0. The molecule has 1 N–H and O–H groups in total. The van der Waals surface area contributed by atoms with Gasteiger partial charge >= 0.3 is 73.6 Å². The molecule has 1 heterocycles. The summed E-state index contributed by atoms with van der Waals surface area (Å²) in [7, 11) is 0. The third-order valence-electron chi connectivity index (χ3n) is 1.77. The van der Waals surface area contributed by atoms with E-state index in [9.17, 15) is 0 Å². The first kappa shape index (κ1) is 8.89. The molecule has 11 heavy (non-hydrogen) atoms. The van der Waals surface area contributed by atoms with Crippen LogP contribution in [0.15, 0.2) is 21.8 Å². The van der Waals surface area contributed by atoms with Gasteiger partial charge in [0.15, 0.2) is 0 Å². The number of hydrogen-bond donors (Lipinski definition) is 1. The minimum absolute atomic E-state index is 0.145. The van der Waals surface area contributed by atoms with Crippen LogP contribution in [0.4, 0.5) is 0 Å². The molecule has 1 aliphatic rings. The number of hydrogen-bond acceptors (Lipinski definition) is 2. The van der Waals surface area contributed by atoms with Gasteiger partial charge in [-0.05, 0) is 0 Å². The third-order valence-corrected chi connectivity index (χ3v) is 3.84. The van der Waals surface area contributed by atoms with Gasteiger partial charge in [-0.25, -0.2) is 0 Å². The second-order valence-corrected chi connectivity index (χ2v) is 4.50. The van der Waals surface area contributed by atoms with Crippen molar-refractivity contribution in [2.24, 2.45) is 0 Å². The summed E-state index contributed by atoms with van der Waals surface area (Å²) in [5, 5.41) is 8.73. The van der Waals surface area contributed by atoms with E-state index in [2.05, 4.69) is 6.92 Å². The Kier molecular flexibility index (Phi) is 3.22. The molecule has 61 valence electrons. The molecule has 0 amide bonds. The molecular formula is C8H12AsO2. The number of aliphatic hydroxyl groups excluding tert-OH is 1. The van der Waals surface area contributed by atoms with Crippen molar-refractivity contribution in [2.75, 3.05) is 6.61 Å². The van der Waals surface area contributed by atoms with Crippen LogP contribution in [0.5, 0.6) is 0 Å². The van der Waals surface area contributed by atoms with E-state index in [-0.39, 0.29) is 22.7 Å². The first-order valence-corrected chi connectivity index (χ1v) is 5.30. The molecule has 1 aliphatic heterocycles. The van der Waals surface area contributed by atoms with E-state index in [1.807, 2.05) is 13.2 Å². The van der Waals surface area contributed by atoms with E-state index in [1.54, 1.807) is 0 Å². The minimum atomic E-state index is -0.145. The van der Waals surface area contributed by atoms with Crippen LogP contribution in [0.1, 0.15) is 20.3 Å². The van der Waals surface area contributed by atoms with Crippen LogP contribution in [-0.2, 0) is 3.73 Å². The molecule has 0 saturated heterocycles. The fourth-order valence-corrected chi connectivity index (χ4v) is 2.66. The fourth-order valence-electron chi connectivity index (χ4n) is 0.893. The molecule has 0 spiro atoms. The third kappa shape index (κ3) is 2.11. The van der Waals surface area contributed by atoms with Crippen molar-refractivity contribution in [1.29, 1.82) is 0 Å². The molecule has 0 bridgehead atoms. The van der Waals surface area contributed by atoms with Crippen molar-refractivity contribution in [1.82, 2.24) is 0 Å². The van der Waals surface area contributed by atoms with Gasteiger partial charge in [-0.2, -0.15) is 0 Å². The quantitative estimate of drug-likeness (QED) is 0.701. The molecule has 0 unspecified atom stereocenters. The average molecular weight is 215 g/mol. The van der Waals surface area contributed by atoms with Gasteiger partial charge in [0.2, 0.25) is 0 Å². The van der Waals surface area contributed by atoms with E-state index in [0.717, 1.165) is 6.42 Å². The van der Waals surface area contributed by atoms with Crippen LogP contribution >= 0.6 is 0 Å². The molecule has 0 atom stereocenters. The number of aliphatic hydroxyl groups is 1. The first-order valence-electron chi connectivity index (χ1n) is 3.60.